The van der Waals surface area contributed by atoms with Crippen molar-refractivity contribution in [1.29, 1.82) is 0 Å². The van der Waals surface area contributed by atoms with Gasteiger partial charge < -0.3 is 15.3 Å². The van der Waals surface area contributed by atoms with Gasteiger partial charge in [0.15, 0.2) is 0 Å². The maximum absolute atomic E-state index is 11.9. The van der Waals surface area contributed by atoms with Crippen molar-refractivity contribution in [1.82, 2.24) is 10.2 Å². The van der Waals surface area contributed by atoms with E-state index in [1.807, 2.05) is 6.92 Å². The summed E-state index contributed by atoms with van der Waals surface area (Å²) in [6.07, 6.45) is 3.85. The Morgan fingerprint density at radius 1 is 1.30 bits per heavy atom. The molecule has 0 bridgehead atoms. The van der Waals surface area contributed by atoms with Gasteiger partial charge in [-0.3, -0.25) is 14.4 Å². The van der Waals surface area contributed by atoms with Crippen molar-refractivity contribution < 1.29 is 19.5 Å². The van der Waals surface area contributed by atoms with E-state index in [1.165, 1.54) is 0 Å². The third-order valence-corrected chi connectivity index (χ3v) is 3.58. The van der Waals surface area contributed by atoms with Gasteiger partial charge in [-0.2, -0.15) is 0 Å². The summed E-state index contributed by atoms with van der Waals surface area (Å²) in [5.74, 6) is -0.958. The number of rotatable bonds is 9. The van der Waals surface area contributed by atoms with Crippen LogP contribution >= 0.6 is 0 Å². The maximum Gasteiger partial charge on any atom is 0.303 e. The molecule has 1 aliphatic rings. The number of amides is 2. The summed E-state index contributed by atoms with van der Waals surface area (Å²) < 4.78 is 0. The van der Waals surface area contributed by atoms with E-state index in [2.05, 4.69) is 5.32 Å². The van der Waals surface area contributed by atoms with Gasteiger partial charge in [0.05, 0.1) is 5.92 Å². The van der Waals surface area contributed by atoms with Gasteiger partial charge in [-0.15, -0.1) is 0 Å². The maximum atomic E-state index is 11.9. The lowest BCUT2D eigenvalue weighted by Gasteiger charge is -2.13. The summed E-state index contributed by atoms with van der Waals surface area (Å²) in [7, 11) is 0. The molecule has 20 heavy (non-hydrogen) atoms. The first-order valence-electron chi connectivity index (χ1n) is 7.31. The van der Waals surface area contributed by atoms with E-state index in [1.54, 1.807) is 4.90 Å². The van der Waals surface area contributed by atoms with Crippen molar-refractivity contribution in [3.05, 3.63) is 0 Å². The summed E-state index contributed by atoms with van der Waals surface area (Å²) >= 11 is 0. The average molecular weight is 284 g/mol. The Bertz CT molecular complexity index is 357. The van der Waals surface area contributed by atoms with Gasteiger partial charge in [0.25, 0.3) is 0 Å². The van der Waals surface area contributed by atoms with Gasteiger partial charge in [0.1, 0.15) is 0 Å². The number of aliphatic carboxylic acids is 1. The minimum Gasteiger partial charge on any atom is -0.481 e. The minimum atomic E-state index is -0.760. The largest absolute Gasteiger partial charge is 0.481 e. The van der Waals surface area contributed by atoms with Crippen LogP contribution in [0.25, 0.3) is 0 Å². The van der Waals surface area contributed by atoms with Gasteiger partial charge in [-0.05, 0) is 19.8 Å². The van der Waals surface area contributed by atoms with E-state index in [-0.39, 0.29) is 24.2 Å². The van der Waals surface area contributed by atoms with Gasteiger partial charge in [-0.1, -0.05) is 12.8 Å². The minimum absolute atomic E-state index is 0.0418. The van der Waals surface area contributed by atoms with Crippen LogP contribution in [0.3, 0.4) is 0 Å². The highest BCUT2D eigenvalue weighted by molar-refractivity contribution is 5.89. The smallest absolute Gasteiger partial charge is 0.303 e. The van der Waals surface area contributed by atoms with E-state index in [9.17, 15) is 14.4 Å². The molecule has 0 aromatic rings. The molecule has 1 unspecified atom stereocenters. The van der Waals surface area contributed by atoms with Gasteiger partial charge in [0, 0.05) is 32.5 Å². The second kappa shape index (κ2) is 8.55. The highest BCUT2D eigenvalue weighted by Gasteiger charge is 2.32. The van der Waals surface area contributed by atoms with E-state index in [4.69, 9.17) is 5.11 Å². The quantitative estimate of drug-likeness (QED) is 0.619. The highest BCUT2D eigenvalue weighted by atomic mass is 16.4. The summed E-state index contributed by atoms with van der Waals surface area (Å²) in [6, 6.07) is 0. The Labute approximate surface area is 119 Å². The number of carboxylic acid groups (broad SMARTS) is 1. The standard InChI is InChI=1S/C14H24N2O4/c1-2-16-10-11(9-12(16)17)14(20)15-8-6-4-3-5-7-13(18)19/h11H,2-10H2,1H3,(H,15,20)(H,18,19). The monoisotopic (exact) mass is 284 g/mol. The van der Waals surface area contributed by atoms with Crippen LogP contribution in [0, 0.1) is 5.92 Å². The SMILES string of the molecule is CCN1CC(C(=O)NCCCCCCC(=O)O)CC1=O. The fraction of sp³-hybridized carbons (Fsp3) is 0.786. The van der Waals surface area contributed by atoms with E-state index in [0.29, 0.717) is 32.5 Å². The van der Waals surface area contributed by atoms with Crippen molar-refractivity contribution in [3.8, 4) is 0 Å². The van der Waals surface area contributed by atoms with Gasteiger partial charge >= 0.3 is 5.97 Å². The third-order valence-electron chi connectivity index (χ3n) is 3.58. The number of hydrogen-bond donors (Lipinski definition) is 2. The molecule has 2 amide bonds. The molecule has 0 aromatic carbocycles. The number of likely N-dealkylation sites (tertiary alicyclic amines) is 1. The molecule has 0 saturated carbocycles. The van der Waals surface area contributed by atoms with Crippen LogP contribution in [0.5, 0.6) is 0 Å². The molecule has 1 saturated heterocycles. The van der Waals surface area contributed by atoms with Crippen molar-refractivity contribution in [2.24, 2.45) is 5.92 Å². The third kappa shape index (κ3) is 5.59. The lowest BCUT2D eigenvalue weighted by molar-refractivity contribution is -0.137. The number of hydrogen-bond acceptors (Lipinski definition) is 3. The first-order chi connectivity index (χ1) is 9.54. The zero-order chi connectivity index (χ0) is 15.0. The molecule has 114 valence electrons. The molecule has 0 spiro atoms. The van der Waals surface area contributed by atoms with Crippen LogP contribution in [-0.4, -0.2) is 47.4 Å². The lowest BCUT2D eigenvalue weighted by atomic mass is 10.1. The Morgan fingerprint density at radius 2 is 2.00 bits per heavy atom. The molecule has 1 aliphatic heterocycles. The zero-order valence-corrected chi connectivity index (χ0v) is 12.1. The molecular weight excluding hydrogens is 260 g/mol. The molecule has 6 nitrogen and oxygen atoms in total. The van der Waals surface area contributed by atoms with Crippen LogP contribution in [0.2, 0.25) is 0 Å². The predicted molar refractivity (Wildman–Crippen MR) is 74.1 cm³/mol. The predicted octanol–water partition coefficient (Wildman–Crippen LogP) is 1.01. The van der Waals surface area contributed by atoms with Gasteiger partial charge in [0.2, 0.25) is 11.8 Å². The molecule has 0 aliphatic carbocycles. The summed E-state index contributed by atoms with van der Waals surface area (Å²) in [5, 5.41) is 11.3. The molecule has 1 fully saturated rings. The van der Waals surface area contributed by atoms with Crippen LogP contribution in [0.4, 0.5) is 0 Å². The van der Waals surface area contributed by atoms with E-state index >= 15 is 0 Å². The fourth-order valence-electron chi connectivity index (χ4n) is 2.36. The number of unbranched alkanes of at least 4 members (excludes halogenated alkanes) is 3. The Balaban J connectivity index is 2.06. The molecule has 1 atom stereocenters. The summed E-state index contributed by atoms with van der Waals surface area (Å²) in [5.41, 5.74) is 0. The van der Waals surface area contributed by atoms with Crippen molar-refractivity contribution >= 4 is 17.8 Å². The number of carbonyl (C=O) groups is 3. The first-order valence-corrected chi connectivity index (χ1v) is 7.31. The Kier molecular flexibility index (Phi) is 7.04. The number of carbonyl (C=O) groups excluding carboxylic acids is 2. The van der Waals surface area contributed by atoms with Crippen molar-refractivity contribution in [3.63, 3.8) is 0 Å². The molecule has 1 rings (SSSR count). The molecular formula is C14H24N2O4. The molecule has 0 aromatic heterocycles. The Morgan fingerprint density at radius 3 is 2.60 bits per heavy atom. The van der Waals surface area contributed by atoms with Crippen molar-refractivity contribution in [2.45, 2.75) is 45.4 Å². The number of nitrogens with one attached hydrogen (secondary N) is 1. The molecule has 1 heterocycles. The summed E-state index contributed by atoms with van der Waals surface area (Å²) in [6.45, 7) is 3.70. The highest BCUT2D eigenvalue weighted by Crippen LogP contribution is 2.17. The van der Waals surface area contributed by atoms with Crippen LogP contribution < -0.4 is 5.32 Å². The second-order valence-corrected chi connectivity index (χ2v) is 5.18. The second-order valence-electron chi connectivity index (χ2n) is 5.18. The molecule has 2 N–H and O–H groups in total. The van der Waals surface area contributed by atoms with Gasteiger partial charge in [-0.25, -0.2) is 0 Å². The zero-order valence-electron chi connectivity index (χ0n) is 12.1. The molecule has 6 heteroatoms. The Hall–Kier alpha value is -1.59. The normalized spacial score (nSPS) is 18.4. The topological polar surface area (TPSA) is 86.7 Å². The fourth-order valence-corrected chi connectivity index (χ4v) is 2.36. The summed E-state index contributed by atoms with van der Waals surface area (Å²) in [4.78, 5) is 35.4. The van der Waals surface area contributed by atoms with E-state index in [0.717, 1.165) is 19.3 Å². The van der Waals surface area contributed by atoms with Crippen molar-refractivity contribution in [2.75, 3.05) is 19.6 Å². The lowest BCUT2D eigenvalue weighted by Crippen LogP contribution is -2.33. The number of carboxylic acids is 1. The van der Waals surface area contributed by atoms with E-state index < -0.39 is 5.97 Å². The van der Waals surface area contributed by atoms with Crippen LogP contribution in [0.1, 0.15) is 45.4 Å². The number of nitrogens with zero attached hydrogens (tertiary/aromatic N) is 1. The average Bonchev–Trinajstić information content (AvgIpc) is 2.78. The first kappa shape index (κ1) is 16.5. The van der Waals surface area contributed by atoms with Crippen LogP contribution in [0.15, 0.2) is 0 Å². The molecule has 0 radical (unpaired) electrons. The van der Waals surface area contributed by atoms with Crippen LogP contribution in [-0.2, 0) is 14.4 Å².